The monoisotopic (exact) mass is 426 g/mol. The molecule has 1 saturated heterocycles. The third kappa shape index (κ3) is 7.02. The molecule has 1 fully saturated rings. The van der Waals surface area contributed by atoms with E-state index in [4.69, 9.17) is 16.3 Å². The van der Waals surface area contributed by atoms with Gasteiger partial charge in [-0.2, -0.15) is 0 Å². The predicted octanol–water partition coefficient (Wildman–Crippen LogP) is 2.83. The van der Waals surface area contributed by atoms with Crippen molar-refractivity contribution < 1.29 is 19.1 Å². The average Bonchev–Trinajstić information content (AvgIpc) is 2.69. The lowest BCUT2D eigenvalue weighted by Crippen LogP contribution is -2.47. The van der Waals surface area contributed by atoms with Crippen molar-refractivity contribution in [1.29, 1.82) is 0 Å². The van der Waals surface area contributed by atoms with Crippen LogP contribution in [0.1, 0.15) is 25.3 Å². The zero-order valence-corrected chi connectivity index (χ0v) is 17.9. The highest BCUT2D eigenvalue weighted by molar-refractivity contribution is 7.99. The van der Waals surface area contributed by atoms with E-state index in [1.807, 2.05) is 24.3 Å². The van der Waals surface area contributed by atoms with Crippen molar-refractivity contribution in [3.8, 4) is 0 Å². The lowest BCUT2D eigenvalue weighted by molar-refractivity contribution is -0.152. The molecule has 1 aliphatic heterocycles. The highest BCUT2D eigenvalue weighted by Gasteiger charge is 2.30. The Labute approximate surface area is 175 Å². The van der Waals surface area contributed by atoms with E-state index < -0.39 is 0 Å². The molecule has 154 valence electrons. The second kappa shape index (κ2) is 11.3. The van der Waals surface area contributed by atoms with Gasteiger partial charge in [-0.15, -0.1) is 11.8 Å². The van der Waals surface area contributed by atoms with Gasteiger partial charge in [-0.25, -0.2) is 0 Å². The Balaban J connectivity index is 1.75. The number of halogens is 1. The Hall–Kier alpha value is -1.73. The van der Waals surface area contributed by atoms with Gasteiger partial charge in [0.25, 0.3) is 0 Å². The Morgan fingerprint density at radius 2 is 2.00 bits per heavy atom. The third-order valence-electron chi connectivity index (χ3n) is 4.60. The number of likely N-dealkylation sites (tertiary alicyclic amines) is 1. The molecule has 1 unspecified atom stereocenters. The van der Waals surface area contributed by atoms with Crippen LogP contribution in [0.25, 0.3) is 0 Å². The molecule has 1 aromatic carbocycles. The molecule has 0 spiro atoms. The zero-order chi connectivity index (χ0) is 20.5. The average molecular weight is 427 g/mol. The summed E-state index contributed by atoms with van der Waals surface area (Å²) in [5.41, 5.74) is 1.10. The number of hydrogen-bond acceptors (Lipinski definition) is 5. The summed E-state index contributed by atoms with van der Waals surface area (Å²) in [4.78, 5) is 39.9. The summed E-state index contributed by atoms with van der Waals surface area (Å²) in [5.74, 6) is 0.269. The van der Waals surface area contributed by atoms with Gasteiger partial charge in [-0.05, 0) is 37.5 Å². The van der Waals surface area contributed by atoms with E-state index in [-0.39, 0.29) is 30.2 Å². The maximum absolute atomic E-state index is 12.5. The molecule has 2 amide bonds. The van der Waals surface area contributed by atoms with E-state index in [9.17, 15) is 14.4 Å². The minimum atomic E-state index is -0.270. The quantitative estimate of drug-likeness (QED) is 0.598. The molecule has 1 aromatic rings. The number of rotatable bonds is 8. The molecule has 1 heterocycles. The molecule has 0 aromatic heterocycles. The van der Waals surface area contributed by atoms with E-state index in [2.05, 4.69) is 0 Å². The van der Waals surface area contributed by atoms with Crippen LogP contribution >= 0.6 is 23.4 Å². The zero-order valence-electron chi connectivity index (χ0n) is 16.4. The summed E-state index contributed by atoms with van der Waals surface area (Å²) in [6.45, 7) is 3.12. The van der Waals surface area contributed by atoms with Crippen LogP contribution in [0.4, 0.5) is 0 Å². The van der Waals surface area contributed by atoms with Gasteiger partial charge < -0.3 is 14.5 Å². The van der Waals surface area contributed by atoms with Crippen molar-refractivity contribution in [1.82, 2.24) is 9.80 Å². The molecule has 0 aliphatic carbocycles. The normalized spacial score (nSPS) is 16.5. The van der Waals surface area contributed by atoms with Crippen LogP contribution < -0.4 is 0 Å². The topological polar surface area (TPSA) is 66.9 Å². The standard InChI is InChI=1S/C20H27ClN2O4S/c1-3-27-20(26)16-5-4-10-23(11-16)18(24)12-22(2)19(25)14-28-13-15-6-8-17(21)9-7-15/h6-9,16H,3-5,10-14H2,1-2H3. The van der Waals surface area contributed by atoms with Gasteiger partial charge in [0, 0.05) is 30.9 Å². The van der Waals surface area contributed by atoms with Gasteiger partial charge in [-0.1, -0.05) is 23.7 Å². The first-order chi connectivity index (χ1) is 13.4. The Morgan fingerprint density at radius 1 is 1.29 bits per heavy atom. The van der Waals surface area contributed by atoms with E-state index in [1.54, 1.807) is 18.9 Å². The summed E-state index contributed by atoms with van der Waals surface area (Å²) < 4.78 is 5.06. The van der Waals surface area contributed by atoms with Crippen molar-refractivity contribution in [3.05, 3.63) is 34.9 Å². The number of piperidine rings is 1. The maximum Gasteiger partial charge on any atom is 0.310 e. The molecule has 0 saturated carbocycles. The van der Waals surface area contributed by atoms with Gasteiger partial charge in [0.15, 0.2) is 0 Å². The van der Waals surface area contributed by atoms with Crippen LogP contribution in [0.5, 0.6) is 0 Å². The van der Waals surface area contributed by atoms with Crippen LogP contribution in [0, 0.1) is 5.92 Å². The predicted molar refractivity (Wildman–Crippen MR) is 111 cm³/mol. The van der Waals surface area contributed by atoms with E-state index in [0.717, 1.165) is 18.4 Å². The lowest BCUT2D eigenvalue weighted by Gasteiger charge is -2.32. The molecule has 1 atom stereocenters. The number of hydrogen-bond donors (Lipinski definition) is 0. The first-order valence-corrected chi connectivity index (χ1v) is 10.9. The number of nitrogens with zero attached hydrogens (tertiary/aromatic N) is 2. The number of ether oxygens (including phenoxy) is 1. The molecular formula is C20H27ClN2O4S. The minimum absolute atomic E-state index is 0.0237. The third-order valence-corrected chi connectivity index (χ3v) is 5.84. The molecular weight excluding hydrogens is 400 g/mol. The van der Waals surface area contributed by atoms with E-state index in [1.165, 1.54) is 16.7 Å². The summed E-state index contributed by atoms with van der Waals surface area (Å²) >= 11 is 7.36. The molecule has 6 nitrogen and oxygen atoms in total. The Kier molecular flexibility index (Phi) is 9.12. The molecule has 8 heteroatoms. The van der Waals surface area contributed by atoms with Gasteiger partial charge in [0.05, 0.1) is 24.8 Å². The highest BCUT2D eigenvalue weighted by atomic mass is 35.5. The molecule has 0 N–H and O–H groups in total. The van der Waals surface area contributed by atoms with Crippen LogP contribution in [0.3, 0.4) is 0 Å². The maximum atomic E-state index is 12.5. The molecule has 0 bridgehead atoms. The molecule has 2 rings (SSSR count). The lowest BCUT2D eigenvalue weighted by atomic mass is 9.98. The van der Waals surface area contributed by atoms with Crippen molar-refractivity contribution in [2.75, 3.05) is 39.0 Å². The number of amides is 2. The van der Waals surface area contributed by atoms with Crippen LogP contribution in [0.15, 0.2) is 24.3 Å². The minimum Gasteiger partial charge on any atom is -0.466 e. The van der Waals surface area contributed by atoms with Crippen molar-refractivity contribution in [3.63, 3.8) is 0 Å². The highest BCUT2D eigenvalue weighted by Crippen LogP contribution is 2.19. The fourth-order valence-corrected chi connectivity index (χ4v) is 4.05. The van der Waals surface area contributed by atoms with E-state index in [0.29, 0.717) is 36.2 Å². The smallest absolute Gasteiger partial charge is 0.310 e. The molecule has 28 heavy (non-hydrogen) atoms. The number of likely N-dealkylation sites (N-methyl/N-ethyl adjacent to an activating group) is 1. The van der Waals surface area contributed by atoms with Crippen molar-refractivity contribution >= 4 is 41.1 Å². The fourth-order valence-electron chi connectivity index (χ4n) is 2.99. The first kappa shape index (κ1) is 22.6. The van der Waals surface area contributed by atoms with Crippen molar-refractivity contribution in [2.24, 2.45) is 5.92 Å². The molecule has 1 aliphatic rings. The number of esters is 1. The first-order valence-electron chi connectivity index (χ1n) is 9.41. The van der Waals surface area contributed by atoms with Crippen LogP contribution in [-0.4, -0.2) is 66.6 Å². The van der Waals surface area contributed by atoms with Gasteiger partial charge in [-0.3, -0.25) is 14.4 Å². The van der Waals surface area contributed by atoms with E-state index >= 15 is 0 Å². The van der Waals surface area contributed by atoms with Crippen LogP contribution in [0.2, 0.25) is 5.02 Å². The summed E-state index contributed by atoms with van der Waals surface area (Å²) in [5, 5.41) is 0.686. The van der Waals surface area contributed by atoms with Crippen LogP contribution in [-0.2, 0) is 24.9 Å². The summed E-state index contributed by atoms with van der Waals surface area (Å²) in [6.07, 6.45) is 1.50. The second-order valence-corrected chi connectivity index (χ2v) is 8.22. The number of carbonyl (C=O) groups excluding carboxylic acids is 3. The van der Waals surface area contributed by atoms with Gasteiger partial charge in [0.1, 0.15) is 0 Å². The number of thioether (sulfide) groups is 1. The summed E-state index contributed by atoms with van der Waals surface area (Å²) in [6, 6.07) is 7.52. The van der Waals surface area contributed by atoms with Gasteiger partial charge >= 0.3 is 5.97 Å². The summed E-state index contributed by atoms with van der Waals surface area (Å²) in [7, 11) is 1.63. The molecule has 0 radical (unpaired) electrons. The largest absolute Gasteiger partial charge is 0.466 e. The van der Waals surface area contributed by atoms with Crippen molar-refractivity contribution in [2.45, 2.75) is 25.5 Å². The number of carbonyl (C=O) groups is 3. The SMILES string of the molecule is CCOC(=O)C1CCCN(C(=O)CN(C)C(=O)CSCc2ccc(Cl)cc2)C1. The fraction of sp³-hybridized carbons (Fsp3) is 0.550. The Bertz CT molecular complexity index is 683. The van der Waals surface area contributed by atoms with Gasteiger partial charge in [0.2, 0.25) is 11.8 Å². The number of benzene rings is 1. The second-order valence-electron chi connectivity index (χ2n) is 6.80. The Morgan fingerprint density at radius 3 is 2.68 bits per heavy atom.